The molecule has 1 aromatic heterocycles. The zero-order valence-electron chi connectivity index (χ0n) is 13.9. The van der Waals surface area contributed by atoms with E-state index in [1.807, 2.05) is 42.5 Å². The highest BCUT2D eigenvalue weighted by Gasteiger charge is 2.08. The second kappa shape index (κ2) is 7.57. The van der Waals surface area contributed by atoms with Crippen LogP contribution in [-0.4, -0.2) is 22.1 Å². The van der Waals surface area contributed by atoms with Gasteiger partial charge in [-0.05, 0) is 30.7 Å². The molecule has 3 rings (SSSR count). The largest absolute Gasteiger partial charge is 0.461 e. The number of nitrogens with zero attached hydrogens (tertiary/aromatic N) is 2. The van der Waals surface area contributed by atoms with Crippen LogP contribution in [0.15, 0.2) is 65.5 Å². The van der Waals surface area contributed by atoms with Crippen molar-refractivity contribution in [2.75, 3.05) is 6.61 Å². The number of benzene rings is 2. The first-order valence-electron chi connectivity index (χ1n) is 8.01. The van der Waals surface area contributed by atoms with Crippen LogP contribution in [0.1, 0.15) is 11.4 Å². The van der Waals surface area contributed by atoms with Crippen molar-refractivity contribution in [3.63, 3.8) is 0 Å². The molecule has 0 radical (unpaired) electrons. The lowest BCUT2D eigenvalue weighted by Crippen LogP contribution is -2.26. The van der Waals surface area contributed by atoms with Gasteiger partial charge in [0.1, 0.15) is 12.4 Å². The van der Waals surface area contributed by atoms with Gasteiger partial charge in [-0.2, -0.15) is 0 Å². The molecule has 0 spiro atoms. The summed E-state index contributed by atoms with van der Waals surface area (Å²) in [5.41, 5.74) is 1.47. The van der Waals surface area contributed by atoms with Gasteiger partial charge in [-0.15, -0.1) is 0 Å². The Labute approximate surface area is 145 Å². The molecule has 0 amide bonds. The quantitative estimate of drug-likeness (QED) is 0.532. The van der Waals surface area contributed by atoms with Gasteiger partial charge in [-0.3, -0.25) is 9.36 Å². The first-order chi connectivity index (χ1) is 12.1. The SMILES string of the molecule is Cc1nc2ccccc2c(=O)n1CCOC(=O)/C=C/c1ccccc1. The van der Waals surface area contributed by atoms with E-state index < -0.39 is 5.97 Å². The van der Waals surface area contributed by atoms with Gasteiger partial charge in [-0.25, -0.2) is 9.78 Å². The van der Waals surface area contributed by atoms with Crippen molar-refractivity contribution in [3.05, 3.63) is 82.4 Å². The number of para-hydroxylation sites is 1. The fourth-order valence-corrected chi connectivity index (χ4v) is 2.56. The lowest BCUT2D eigenvalue weighted by Gasteiger charge is -2.10. The Kier molecular flexibility index (Phi) is 5.04. The predicted molar refractivity (Wildman–Crippen MR) is 97.2 cm³/mol. The third kappa shape index (κ3) is 4.01. The number of esters is 1. The van der Waals surface area contributed by atoms with Crippen LogP contribution in [0.3, 0.4) is 0 Å². The van der Waals surface area contributed by atoms with E-state index in [0.29, 0.717) is 16.7 Å². The van der Waals surface area contributed by atoms with E-state index in [9.17, 15) is 9.59 Å². The maximum atomic E-state index is 12.5. The molecule has 2 aromatic carbocycles. The fourth-order valence-electron chi connectivity index (χ4n) is 2.56. The molecular formula is C20H18N2O3. The molecule has 0 aliphatic carbocycles. The number of carbonyl (C=O) groups excluding carboxylic acids is 1. The summed E-state index contributed by atoms with van der Waals surface area (Å²) in [5, 5.41) is 0.559. The van der Waals surface area contributed by atoms with Gasteiger partial charge in [-0.1, -0.05) is 42.5 Å². The van der Waals surface area contributed by atoms with E-state index in [1.165, 1.54) is 10.6 Å². The Bertz CT molecular complexity index is 975. The van der Waals surface area contributed by atoms with Gasteiger partial charge in [0.15, 0.2) is 0 Å². The molecule has 5 nitrogen and oxygen atoms in total. The fraction of sp³-hybridized carbons (Fsp3) is 0.150. The van der Waals surface area contributed by atoms with Gasteiger partial charge in [0.05, 0.1) is 17.4 Å². The summed E-state index contributed by atoms with van der Waals surface area (Å²) >= 11 is 0. The van der Waals surface area contributed by atoms with Crippen LogP contribution >= 0.6 is 0 Å². The van der Waals surface area contributed by atoms with Crippen LogP contribution in [0.25, 0.3) is 17.0 Å². The topological polar surface area (TPSA) is 61.2 Å². The van der Waals surface area contributed by atoms with Crippen molar-refractivity contribution in [2.24, 2.45) is 0 Å². The smallest absolute Gasteiger partial charge is 0.330 e. The number of aryl methyl sites for hydroxylation is 1. The summed E-state index contributed by atoms with van der Waals surface area (Å²) < 4.78 is 6.70. The summed E-state index contributed by atoms with van der Waals surface area (Å²) in [5.74, 6) is 0.155. The molecule has 1 heterocycles. The van der Waals surface area contributed by atoms with E-state index in [1.54, 1.807) is 25.1 Å². The molecule has 0 unspecified atom stereocenters. The molecule has 126 valence electrons. The second-order valence-electron chi connectivity index (χ2n) is 5.54. The molecule has 0 saturated carbocycles. The van der Waals surface area contributed by atoms with E-state index in [-0.39, 0.29) is 18.7 Å². The second-order valence-corrected chi connectivity index (χ2v) is 5.54. The third-order valence-corrected chi connectivity index (χ3v) is 3.82. The number of rotatable bonds is 5. The molecule has 25 heavy (non-hydrogen) atoms. The van der Waals surface area contributed by atoms with Gasteiger partial charge in [0, 0.05) is 6.08 Å². The molecule has 0 fully saturated rings. The average molecular weight is 334 g/mol. The minimum Gasteiger partial charge on any atom is -0.461 e. The van der Waals surface area contributed by atoms with Crippen molar-refractivity contribution >= 4 is 22.9 Å². The van der Waals surface area contributed by atoms with Crippen LogP contribution in [0.5, 0.6) is 0 Å². The summed E-state index contributed by atoms with van der Waals surface area (Å²) in [6.07, 6.45) is 3.07. The van der Waals surface area contributed by atoms with E-state index in [2.05, 4.69) is 4.98 Å². The Hall–Kier alpha value is -3.21. The molecule has 0 saturated heterocycles. The maximum Gasteiger partial charge on any atom is 0.330 e. The Morgan fingerprint density at radius 3 is 2.64 bits per heavy atom. The molecule has 0 atom stereocenters. The Balaban J connectivity index is 1.64. The van der Waals surface area contributed by atoms with Crippen molar-refractivity contribution in [1.82, 2.24) is 9.55 Å². The van der Waals surface area contributed by atoms with Gasteiger partial charge in [0.25, 0.3) is 5.56 Å². The molecule has 5 heteroatoms. The van der Waals surface area contributed by atoms with Crippen LogP contribution in [-0.2, 0) is 16.1 Å². The Morgan fingerprint density at radius 2 is 1.84 bits per heavy atom. The lowest BCUT2D eigenvalue weighted by molar-refractivity contribution is -0.137. The van der Waals surface area contributed by atoms with Crippen molar-refractivity contribution in [2.45, 2.75) is 13.5 Å². The number of aromatic nitrogens is 2. The summed E-state index contributed by atoms with van der Waals surface area (Å²) in [6, 6.07) is 16.7. The highest BCUT2D eigenvalue weighted by Crippen LogP contribution is 2.07. The predicted octanol–water partition coefficient (Wildman–Crippen LogP) is 2.96. The maximum absolute atomic E-state index is 12.5. The van der Waals surface area contributed by atoms with Crippen LogP contribution < -0.4 is 5.56 Å². The lowest BCUT2D eigenvalue weighted by atomic mass is 10.2. The van der Waals surface area contributed by atoms with Crippen LogP contribution in [0, 0.1) is 6.92 Å². The minimum absolute atomic E-state index is 0.110. The summed E-state index contributed by atoms with van der Waals surface area (Å²) in [7, 11) is 0. The normalized spacial score (nSPS) is 11.1. The van der Waals surface area contributed by atoms with E-state index in [0.717, 1.165) is 5.56 Å². The van der Waals surface area contributed by atoms with Crippen molar-refractivity contribution < 1.29 is 9.53 Å². The molecule has 0 aliphatic heterocycles. The van der Waals surface area contributed by atoms with Gasteiger partial charge in [0.2, 0.25) is 0 Å². The van der Waals surface area contributed by atoms with Crippen molar-refractivity contribution in [3.8, 4) is 0 Å². The van der Waals surface area contributed by atoms with Gasteiger partial charge >= 0.3 is 5.97 Å². The average Bonchev–Trinajstić information content (AvgIpc) is 2.63. The summed E-state index contributed by atoms with van der Waals surface area (Å²) in [4.78, 5) is 28.7. The highest BCUT2D eigenvalue weighted by atomic mass is 16.5. The zero-order valence-corrected chi connectivity index (χ0v) is 13.9. The van der Waals surface area contributed by atoms with Crippen LogP contribution in [0.4, 0.5) is 0 Å². The number of hydrogen-bond donors (Lipinski definition) is 0. The Morgan fingerprint density at radius 1 is 1.12 bits per heavy atom. The first-order valence-corrected chi connectivity index (χ1v) is 8.01. The zero-order chi connectivity index (χ0) is 17.6. The van der Waals surface area contributed by atoms with E-state index in [4.69, 9.17) is 4.74 Å². The molecule has 0 N–H and O–H groups in total. The third-order valence-electron chi connectivity index (χ3n) is 3.82. The standard InChI is InChI=1S/C20H18N2O3/c1-15-21-18-10-6-5-9-17(18)20(24)22(15)13-14-25-19(23)12-11-16-7-3-2-4-8-16/h2-12H,13-14H2,1H3/b12-11+. The van der Waals surface area contributed by atoms with E-state index >= 15 is 0 Å². The monoisotopic (exact) mass is 334 g/mol. The number of ether oxygens (including phenoxy) is 1. The molecule has 3 aromatic rings. The van der Waals surface area contributed by atoms with Gasteiger partial charge < -0.3 is 4.74 Å². The highest BCUT2D eigenvalue weighted by molar-refractivity contribution is 5.87. The number of hydrogen-bond acceptors (Lipinski definition) is 4. The summed E-state index contributed by atoms with van der Waals surface area (Å²) in [6.45, 7) is 2.15. The number of carbonyl (C=O) groups is 1. The molecule has 0 bridgehead atoms. The molecule has 0 aliphatic rings. The minimum atomic E-state index is -0.441. The number of fused-ring (bicyclic) bond motifs is 1. The van der Waals surface area contributed by atoms with Crippen LogP contribution in [0.2, 0.25) is 0 Å². The molecular weight excluding hydrogens is 316 g/mol. The van der Waals surface area contributed by atoms with Crippen molar-refractivity contribution in [1.29, 1.82) is 0 Å². The first kappa shape index (κ1) is 16.6.